The molecule has 2 aliphatic rings. The highest BCUT2D eigenvalue weighted by atomic mass is 16.1. The SMILES string of the molecule is Cc1c2nc(c(C)c3ccc([nH]3)c(-c3ccc(C(=O)C(C)C)cc3)c3nc(c(C)c4ccc1[nH]4)C=C3)C=C2. The Bertz CT molecular complexity index is 1830. The van der Waals surface area contributed by atoms with Gasteiger partial charge in [-0.05, 0) is 91.6 Å². The Morgan fingerprint density at radius 1 is 0.605 bits per heavy atom. The second kappa shape index (κ2) is 9.10. The second-order valence-corrected chi connectivity index (χ2v) is 10.3. The average Bonchev–Trinajstić information content (AvgIpc) is 3.74. The summed E-state index contributed by atoms with van der Waals surface area (Å²) in [6.45, 7) is 10.1. The van der Waals surface area contributed by atoms with Crippen molar-refractivity contribution in [3.05, 3.63) is 93.6 Å². The van der Waals surface area contributed by atoms with Crippen molar-refractivity contribution in [1.29, 1.82) is 0 Å². The van der Waals surface area contributed by atoms with Crippen LogP contribution in [0.15, 0.2) is 48.5 Å². The van der Waals surface area contributed by atoms with E-state index in [4.69, 9.17) is 9.97 Å². The van der Waals surface area contributed by atoms with Crippen LogP contribution in [0.25, 0.3) is 57.5 Å². The van der Waals surface area contributed by atoms with Crippen molar-refractivity contribution in [1.82, 2.24) is 19.9 Å². The number of aromatic nitrogens is 4. The summed E-state index contributed by atoms with van der Waals surface area (Å²) in [6.07, 6.45) is 8.30. The van der Waals surface area contributed by atoms with Crippen molar-refractivity contribution < 1.29 is 4.79 Å². The zero-order valence-electron chi connectivity index (χ0n) is 22.3. The fraction of sp³-hybridized carbons (Fsp3) is 0.182. The van der Waals surface area contributed by atoms with Crippen molar-refractivity contribution in [3.63, 3.8) is 0 Å². The molecule has 5 heterocycles. The van der Waals surface area contributed by atoms with Gasteiger partial charge in [-0.2, -0.15) is 0 Å². The number of Topliss-reactive ketones (excluding diaryl/α,β-unsaturated/α-hetero) is 1. The van der Waals surface area contributed by atoms with Crippen LogP contribution in [-0.4, -0.2) is 25.7 Å². The number of nitrogens with zero attached hydrogens (tertiary/aromatic N) is 2. The van der Waals surface area contributed by atoms with E-state index in [0.29, 0.717) is 0 Å². The molecule has 0 radical (unpaired) electrons. The molecule has 0 fully saturated rings. The van der Waals surface area contributed by atoms with Crippen molar-refractivity contribution >= 4 is 52.2 Å². The molecule has 38 heavy (non-hydrogen) atoms. The molecule has 0 atom stereocenters. The first-order valence-electron chi connectivity index (χ1n) is 13.0. The van der Waals surface area contributed by atoms with Gasteiger partial charge in [0.2, 0.25) is 0 Å². The van der Waals surface area contributed by atoms with Crippen LogP contribution in [0.3, 0.4) is 0 Å². The Morgan fingerprint density at radius 2 is 1.03 bits per heavy atom. The molecule has 0 spiro atoms. The standard InChI is InChI=1S/C33H30N4O/c1-18(2)33(38)23-8-6-22(7-9-23)32-30-16-14-28(36-30)20(4)26-12-10-24(34-26)19(3)25-11-13-27(35-25)21(5)29-15-17-31(32)37-29/h6-18,34,37H,1-5H3. The van der Waals surface area contributed by atoms with Crippen LogP contribution in [0, 0.1) is 26.7 Å². The lowest BCUT2D eigenvalue weighted by Crippen LogP contribution is -2.06. The van der Waals surface area contributed by atoms with E-state index >= 15 is 0 Å². The molecule has 0 saturated carbocycles. The molecule has 5 heteroatoms. The van der Waals surface area contributed by atoms with Gasteiger partial charge in [0.25, 0.3) is 0 Å². The van der Waals surface area contributed by atoms with Gasteiger partial charge in [0.15, 0.2) is 5.78 Å². The molecule has 2 aliphatic heterocycles. The van der Waals surface area contributed by atoms with E-state index in [1.165, 1.54) is 0 Å². The monoisotopic (exact) mass is 498 g/mol. The van der Waals surface area contributed by atoms with E-state index in [0.717, 1.165) is 78.2 Å². The van der Waals surface area contributed by atoms with Gasteiger partial charge < -0.3 is 9.97 Å². The Kier molecular flexibility index (Phi) is 5.72. The van der Waals surface area contributed by atoms with E-state index in [9.17, 15) is 4.79 Å². The van der Waals surface area contributed by atoms with Gasteiger partial charge in [0.05, 0.1) is 22.8 Å². The zero-order valence-corrected chi connectivity index (χ0v) is 22.3. The van der Waals surface area contributed by atoms with E-state index in [-0.39, 0.29) is 11.7 Å². The summed E-state index contributed by atoms with van der Waals surface area (Å²) in [4.78, 5) is 29.8. The average molecular weight is 499 g/mol. The van der Waals surface area contributed by atoms with Gasteiger partial charge in [-0.25, -0.2) is 9.97 Å². The van der Waals surface area contributed by atoms with Crippen LogP contribution in [0.1, 0.15) is 63.7 Å². The zero-order chi connectivity index (χ0) is 26.6. The fourth-order valence-corrected chi connectivity index (χ4v) is 5.07. The van der Waals surface area contributed by atoms with Crippen LogP contribution < -0.4 is 0 Å². The number of carbonyl (C=O) groups excluding carboxylic acids is 1. The number of fused-ring (bicyclic) bond motifs is 8. The van der Waals surface area contributed by atoms with Crippen LogP contribution in [0.5, 0.6) is 0 Å². The van der Waals surface area contributed by atoms with E-state index in [1.807, 2.05) is 38.1 Å². The quantitative estimate of drug-likeness (QED) is 0.242. The number of hydrogen-bond acceptors (Lipinski definition) is 3. The molecular weight excluding hydrogens is 468 g/mol. The smallest absolute Gasteiger partial charge is 0.165 e. The summed E-state index contributed by atoms with van der Waals surface area (Å²) in [6, 6.07) is 16.3. The molecule has 3 aromatic heterocycles. The van der Waals surface area contributed by atoms with Crippen molar-refractivity contribution in [2.75, 3.05) is 0 Å². The summed E-state index contributed by atoms with van der Waals surface area (Å²) in [5.41, 5.74) is 13.7. The minimum Gasteiger partial charge on any atom is -0.355 e. The van der Waals surface area contributed by atoms with Crippen LogP contribution in [0.4, 0.5) is 0 Å². The number of aromatic amines is 2. The molecule has 188 valence electrons. The van der Waals surface area contributed by atoms with Gasteiger partial charge in [-0.3, -0.25) is 4.79 Å². The lowest BCUT2D eigenvalue weighted by molar-refractivity contribution is 0.0939. The number of aryl methyl sites for hydroxylation is 3. The Balaban J connectivity index is 1.69. The molecule has 2 N–H and O–H groups in total. The molecule has 1 aromatic carbocycles. The molecular formula is C33H30N4O. The highest BCUT2D eigenvalue weighted by Gasteiger charge is 2.15. The highest BCUT2D eigenvalue weighted by Crippen LogP contribution is 2.32. The van der Waals surface area contributed by atoms with Crippen LogP contribution in [0.2, 0.25) is 0 Å². The largest absolute Gasteiger partial charge is 0.355 e. The molecule has 4 aromatic rings. The maximum absolute atomic E-state index is 12.6. The predicted molar refractivity (Wildman–Crippen MR) is 158 cm³/mol. The molecule has 0 amide bonds. The van der Waals surface area contributed by atoms with Crippen molar-refractivity contribution in [3.8, 4) is 11.1 Å². The highest BCUT2D eigenvalue weighted by molar-refractivity contribution is 5.98. The summed E-state index contributed by atoms with van der Waals surface area (Å²) >= 11 is 0. The van der Waals surface area contributed by atoms with Crippen molar-refractivity contribution in [2.24, 2.45) is 5.92 Å². The minimum absolute atomic E-state index is 0.0429. The minimum atomic E-state index is -0.0429. The number of carbonyl (C=O) groups is 1. The van der Waals surface area contributed by atoms with E-state index in [2.05, 4.69) is 79.3 Å². The summed E-state index contributed by atoms with van der Waals surface area (Å²) in [5.74, 6) is 0.101. The third kappa shape index (κ3) is 4.01. The predicted octanol–water partition coefficient (Wildman–Crippen LogP) is 8.09. The Morgan fingerprint density at radius 3 is 1.53 bits per heavy atom. The van der Waals surface area contributed by atoms with Crippen LogP contribution >= 0.6 is 0 Å². The Hall–Kier alpha value is -4.51. The number of benzene rings is 1. The number of H-pyrrole nitrogens is 2. The first kappa shape index (κ1) is 23.9. The maximum atomic E-state index is 12.6. The van der Waals surface area contributed by atoms with Crippen LogP contribution in [-0.2, 0) is 0 Å². The number of ketones is 1. The van der Waals surface area contributed by atoms with E-state index < -0.39 is 0 Å². The number of hydrogen-bond donors (Lipinski definition) is 2. The van der Waals surface area contributed by atoms with Crippen molar-refractivity contribution in [2.45, 2.75) is 34.6 Å². The lowest BCUT2D eigenvalue weighted by atomic mass is 9.97. The van der Waals surface area contributed by atoms with Gasteiger partial charge in [0.1, 0.15) is 0 Å². The van der Waals surface area contributed by atoms with Gasteiger partial charge in [-0.1, -0.05) is 38.1 Å². The molecule has 8 bridgehead atoms. The maximum Gasteiger partial charge on any atom is 0.165 e. The summed E-state index contributed by atoms with van der Waals surface area (Å²) in [5, 5.41) is 0. The normalized spacial score (nSPS) is 12.5. The number of nitrogens with one attached hydrogen (secondary N) is 2. The summed E-state index contributed by atoms with van der Waals surface area (Å²) < 4.78 is 0. The fourth-order valence-electron chi connectivity index (χ4n) is 5.07. The third-order valence-electron chi connectivity index (χ3n) is 7.52. The molecule has 0 saturated heterocycles. The Labute approximate surface area is 222 Å². The summed E-state index contributed by atoms with van der Waals surface area (Å²) in [7, 11) is 0. The topological polar surface area (TPSA) is 74.4 Å². The lowest BCUT2D eigenvalue weighted by Gasteiger charge is -2.07. The molecule has 0 aliphatic carbocycles. The van der Waals surface area contributed by atoms with Gasteiger partial charge in [0, 0.05) is 39.1 Å². The second-order valence-electron chi connectivity index (χ2n) is 10.3. The first-order valence-corrected chi connectivity index (χ1v) is 13.0. The molecule has 6 rings (SSSR count). The third-order valence-corrected chi connectivity index (χ3v) is 7.52. The first-order chi connectivity index (χ1) is 18.3. The molecule has 5 nitrogen and oxygen atoms in total. The number of rotatable bonds is 3. The van der Waals surface area contributed by atoms with Gasteiger partial charge in [-0.15, -0.1) is 0 Å². The van der Waals surface area contributed by atoms with Gasteiger partial charge >= 0.3 is 0 Å². The van der Waals surface area contributed by atoms with E-state index in [1.54, 1.807) is 0 Å². The molecule has 0 unspecified atom stereocenters.